The van der Waals surface area contributed by atoms with Crippen molar-refractivity contribution in [2.75, 3.05) is 11.9 Å². The maximum atomic E-state index is 13.1. The van der Waals surface area contributed by atoms with Crippen molar-refractivity contribution in [2.45, 2.75) is 32.7 Å². The highest BCUT2D eigenvalue weighted by atomic mass is 35.5. The minimum atomic E-state index is -1.18. The number of hydrogen-bond acceptors (Lipinski definition) is 4. The van der Waals surface area contributed by atoms with Gasteiger partial charge in [0.2, 0.25) is 5.91 Å². The number of hydrogen-bond donors (Lipinski definition) is 1. The monoisotopic (exact) mass is 398 g/mol. The van der Waals surface area contributed by atoms with E-state index in [1.807, 2.05) is 38.1 Å². The molecule has 146 valence electrons. The van der Waals surface area contributed by atoms with Gasteiger partial charge in [0.1, 0.15) is 0 Å². The third-order valence-electron chi connectivity index (χ3n) is 4.53. The van der Waals surface area contributed by atoms with Gasteiger partial charge in [0.25, 0.3) is 0 Å². The normalized spacial score (nSPS) is 15.8. The largest absolute Gasteiger partial charge is 0.465 e. The van der Waals surface area contributed by atoms with Crippen molar-refractivity contribution in [3.8, 4) is 0 Å². The molecule has 1 aliphatic heterocycles. The summed E-state index contributed by atoms with van der Waals surface area (Å²) in [6.45, 7) is 5.85. The Labute approximate surface area is 169 Å². The van der Waals surface area contributed by atoms with Gasteiger partial charge in [0.15, 0.2) is 5.92 Å². The molecule has 0 bridgehead atoms. The predicted molar refractivity (Wildman–Crippen MR) is 111 cm³/mol. The van der Waals surface area contributed by atoms with Crippen LogP contribution in [0.1, 0.15) is 31.9 Å². The zero-order valence-electron chi connectivity index (χ0n) is 16.2. The highest BCUT2D eigenvalue weighted by Gasteiger charge is 2.39. The van der Waals surface area contributed by atoms with Crippen molar-refractivity contribution in [3.05, 3.63) is 64.7 Å². The second-order valence-electron chi connectivity index (χ2n) is 7.30. The van der Waals surface area contributed by atoms with Crippen molar-refractivity contribution in [1.29, 1.82) is 0 Å². The van der Waals surface area contributed by atoms with Crippen LogP contribution in [-0.2, 0) is 20.7 Å². The van der Waals surface area contributed by atoms with Crippen LogP contribution >= 0.6 is 11.6 Å². The number of ether oxygens (including phenoxy) is 1. The molecule has 5 nitrogen and oxygen atoms in total. The Morgan fingerprint density at radius 3 is 2.57 bits per heavy atom. The molecule has 3 rings (SSSR count). The van der Waals surface area contributed by atoms with Gasteiger partial charge in [0, 0.05) is 5.56 Å². The summed E-state index contributed by atoms with van der Waals surface area (Å²) in [6, 6.07) is 14.6. The molecule has 0 aliphatic carbocycles. The zero-order valence-corrected chi connectivity index (χ0v) is 16.9. The molecular formula is C22H23ClN2O3. The molecule has 0 aromatic heterocycles. The van der Waals surface area contributed by atoms with Crippen LogP contribution in [0.3, 0.4) is 0 Å². The molecule has 0 saturated carbocycles. The first-order valence-corrected chi connectivity index (χ1v) is 9.60. The van der Waals surface area contributed by atoms with Crippen LogP contribution < -0.4 is 5.32 Å². The SMILES string of the molecule is CCOC(=O)C(C(=O)Nc1ccccc1Cl)C1=NC(C)(C)Cc2ccccc21. The van der Waals surface area contributed by atoms with Crippen LogP contribution in [0, 0.1) is 5.92 Å². The number of aliphatic imine (C=N–C) groups is 1. The van der Waals surface area contributed by atoms with Crippen LogP contribution in [0.15, 0.2) is 53.5 Å². The van der Waals surface area contributed by atoms with Crippen LogP contribution in [0.2, 0.25) is 5.02 Å². The van der Waals surface area contributed by atoms with Gasteiger partial charge in [-0.2, -0.15) is 0 Å². The number of carbonyl (C=O) groups is 2. The summed E-state index contributed by atoms with van der Waals surface area (Å²) in [7, 11) is 0. The number of benzene rings is 2. The quantitative estimate of drug-likeness (QED) is 0.603. The van der Waals surface area contributed by atoms with E-state index in [4.69, 9.17) is 21.3 Å². The minimum Gasteiger partial charge on any atom is -0.465 e. The van der Waals surface area contributed by atoms with E-state index in [0.717, 1.165) is 17.5 Å². The fraction of sp³-hybridized carbons (Fsp3) is 0.318. The molecule has 0 saturated heterocycles. The van der Waals surface area contributed by atoms with Crippen molar-refractivity contribution in [3.63, 3.8) is 0 Å². The van der Waals surface area contributed by atoms with E-state index in [9.17, 15) is 9.59 Å². The van der Waals surface area contributed by atoms with Crippen LogP contribution in [0.25, 0.3) is 0 Å². The van der Waals surface area contributed by atoms with Gasteiger partial charge in [-0.25, -0.2) is 0 Å². The Bertz CT molecular complexity index is 937. The van der Waals surface area contributed by atoms with E-state index in [2.05, 4.69) is 5.32 Å². The zero-order chi connectivity index (χ0) is 20.3. The highest BCUT2D eigenvalue weighted by molar-refractivity contribution is 6.34. The van der Waals surface area contributed by atoms with Gasteiger partial charge >= 0.3 is 5.97 Å². The lowest BCUT2D eigenvalue weighted by Crippen LogP contribution is -2.42. The van der Waals surface area contributed by atoms with Gasteiger partial charge in [0.05, 0.1) is 28.6 Å². The topological polar surface area (TPSA) is 67.8 Å². The molecule has 1 N–H and O–H groups in total. The maximum Gasteiger partial charge on any atom is 0.324 e. The number of para-hydroxylation sites is 1. The number of amides is 1. The molecule has 0 spiro atoms. The average molecular weight is 399 g/mol. The summed E-state index contributed by atoms with van der Waals surface area (Å²) in [4.78, 5) is 30.7. The Balaban J connectivity index is 2.05. The number of esters is 1. The smallest absolute Gasteiger partial charge is 0.324 e. The van der Waals surface area contributed by atoms with Gasteiger partial charge in [-0.05, 0) is 44.9 Å². The molecule has 1 heterocycles. The van der Waals surface area contributed by atoms with Crippen molar-refractivity contribution < 1.29 is 14.3 Å². The number of rotatable bonds is 5. The molecule has 0 fully saturated rings. The Hall–Kier alpha value is -2.66. The first-order chi connectivity index (χ1) is 13.3. The van der Waals surface area contributed by atoms with Gasteiger partial charge in [-0.15, -0.1) is 0 Å². The number of carbonyl (C=O) groups excluding carboxylic acids is 2. The third-order valence-corrected chi connectivity index (χ3v) is 4.86. The maximum absolute atomic E-state index is 13.1. The molecule has 0 radical (unpaired) electrons. The van der Waals surface area contributed by atoms with Crippen molar-refractivity contribution in [1.82, 2.24) is 0 Å². The van der Waals surface area contributed by atoms with Crippen LogP contribution in [0.5, 0.6) is 0 Å². The third kappa shape index (κ3) is 4.25. The van der Waals surface area contributed by atoms with E-state index in [-0.39, 0.29) is 6.61 Å². The summed E-state index contributed by atoms with van der Waals surface area (Å²) < 4.78 is 5.22. The summed E-state index contributed by atoms with van der Waals surface area (Å²) in [5, 5.41) is 3.15. The van der Waals surface area contributed by atoms with E-state index < -0.39 is 23.3 Å². The molecular weight excluding hydrogens is 376 g/mol. The highest BCUT2D eigenvalue weighted by Crippen LogP contribution is 2.31. The van der Waals surface area contributed by atoms with Gasteiger partial charge in [-0.3, -0.25) is 14.6 Å². The molecule has 6 heteroatoms. The number of nitrogens with one attached hydrogen (secondary N) is 1. The van der Waals surface area contributed by atoms with E-state index >= 15 is 0 Å². The Kier molecular flexibility index (Phi) is 5.84. The fourth-order valence-corrected chi connectivity index (χ4v) is 3.56. The van der Waals surface area contributed by atoms with Crippen molar-refractivity contribution in [2.24, 2.45) is 10.9 Å². The summed E-state index contributed by atoms with van der Waals surface area (Å²) in [5.74, 6) is -2.33. The lowest BCUT2D eigenvalue weighted by atomic mass is 9.82. The first-order valence-electron chi connectivity index (χ1n) is 9.22. The van der Waals surface area contributed by atoms with Gasteiger partial charge in [-0.1, -0.05) is 48.0 Å². The molecule has 1 unspecified atom stereocenters. The van der Waals surface area contributed by atoms with Crippen molar-refractivity contribution >= 4 is 34.9 Å². The molecule has 2 aromatic carbocycles. The number of fused-ring (bicyclic) bond motifs is 1. The molecule has 1 aliphatic rings. The molecule has 28 heavy (non-hydrogen) atoms. The number of anilines is 1. The second kappa shape index (κ2) is 8.15. The first kappa shape index (κ1) is 20.1. The van der Waals surface area contributed by atoms with E-state index in [1.54, 1.807) is 31.2 Å². The number of halogens is 1. The van der Waals surface area contributed by atoms with Crippen LogP contribution in [0.4, 0.5) is 5.69 Å². The predicted octanol–water partition coefficient (Wildman–Crippen LogP) is 4.28. The summed E-state index contributed by atoms with van der Waals surface area (Å²) in [5.41, 5.74) is 2.29. The molecule has 1 amide bonds. The minimum absolute atomic E-state index is 0.174. The standard InChI is InChI=1S/C22H23ClN2O3/c1-4-28-21(27)18(20(26)24-17-12-8-7-11-16(17)23)19-15-10-6-5-9-14(15)13-22(2,3)25-19/h5-12,18H,4,13H2,1-3H3,(H,24,26). The molecule has 1 atom stereocenters. The number of nitrogens with zero attached hydrogens (tertiary/aromatic N) is 1. The lowest BCUT2D eigenvalue weighted by molar-refractivity contribution is -0.148. The lowest BCUT2D eigenvalue weighted by Gasteiger charge is -2.31. The summed E-state index contributed by atoms with van der Waals surface area (Å²) in [6.07, 6.45) is 0.731. The van der Waals surface area contributed by atoms with Crippen LogP contribution in [-0.4, -0.2) is 29.7 Å². The molecule has 2 aromatic rings. The second-order valence-corrected chi connectivity index (χ2v) is 7.70. The van der Waals surface area contributed by atoms with E-state index in [1.165, 1.54) is 0 Å². The Morgan fingerprint density at radius 1 is 1.18 bits per heavy atom. The average Bonchev–Trinajstić information content (AvgIpc) is 2.63. The van der Waals surface area contributed by atoms with Gasteiger partial charge < -0.3 is 10.1 Å². The fourth-order valence-electron chi connectivity index (χ4n) is 3.37. The van der Waals surface area contributed by atoms with E-state index in [0.29, 0.717) is 16.4 Å². The Morgan fingerprint density at radius 2 is 1.86 bits per heavy atom. The summed E-state index contributed by atoms with van der Waals surface area (Å²) >= 11 is 6.16.